The highest BCUT2D eigenvalue weighted by Crippen LogP contribution is 2.06. The van der Waals surface area contributed by atoms with E-state index >= 15 is 0 Å². The van der Waals surface area contributed by atoms with Gasteiger partial charge in [-0.15, -0.1) is 0 Å². The normalized spacial score (nSPS) is 18.2. The number of amides is 3. The van der Waals surface area contributed by atoms with E-state index in [-0.39, 0.29) is 25.3 Å². The highest BCUT2D eigenvalue weighted by Gasteiger charge is 2.34. The van der Waals surface area contributed by atoms with Crippen LogP contribution in [-0.2, 0) is 30.4 Å². The molecule has 0 aromatic carbocycles. The molecule has 140 valence electrons. The summed E-state index contributed by atoms with van der Waals surface area (Å²) in [5, 5.41) is 7.31. The second-order valence-electron chi connectivity index (χ2n) is 6.48. The fourth-order valence-corrected chi connectivity index (χ4v) is 2.60. The maximum atomic E-state index is 12.5. The Balaban J connectivity index is 1.97. The van der Waals surface area contributed by atoms with Crippen LogP contribution in [0.5, 0.6) is 0 Å². The summed E-state index contributed by atoms with van der Waals surface area (Å²) < 4.78 is 0. The second kappa shape index (κ2) is 8.41. The molecule has 9 heteroatoms. The van der Waals surface area contributed by atoms with Gasteiger partial charge in [-0.25, -0.2) is 0 Å². The Labute approximate surface area is 150 Å². The van der Waals surface area contributed by atoms with Crippen molar-refractivity contribution in [3.8, 4) is 0 Å². The predicted molar refractivity (Wildman–Crippen MR) is 90.8 cm³/mol. The van der Waals surface area contributed by atoms with Crippen molar-refractivity contribution in [3.05, 3.63) is 24.0 Å². The molecule has 1 aliphatic rings. The summed E-state index contributed by atoms with van der Waals surface area (Å²) in [6, 6.07) is -0.238. The molecule has 0 aliphatic carbocycles. The average molecular weight is 362 g/mol. The average Bonchev–Trinajstić information content (AvgIpc) is 3.09. The molecule has 0 spiro atoms. The summed E-state index contributed by atoms with van der Waals surface area (Å²) >= 11 is 0. The number of H-pyrrole nitrogens is 1. The van der Waals surface area contributed by atoms with Crippen molar-refractivity contribution in [1.82, 2.24) is 20.9 Å². The van der Waals surface area contributed by atoms with E-state index in [1.165, 1.54) is 0 Å². The number of aromatic nitrogens is 1. The maximum absolute atomic E-state index is 12.5. The number of Topliss-reactive ketones (excluding diaryl/α,β-unsaturated/α-hetero) is 2. The van der Waals surface area contributed by atoms with Crippen LogP contribution in [0.4, 0.5) is 0 Å². The second-order valence-corrected chi connectivity index (χ2v) is 6.48. The quantitative estimate of drug-likeness (QED) is 0.454. The van der Waals surface area contributed by atoms with Crippen molar-refractivity contribution in [1.29, 1.82) is 0 Å². The van der Waals surface area contributed by atoms with Crippen LogP contribution in [0.1, 0.15) is 25.8 Å². The third kappa shape index (κ3) is 4.78. The van der Waals surface area contributed by atoms with Gasteiger partial charge < -0.3 is 20.9 Å². The van der Waals surface area contributed by atoms with Crippen molar-refractivity contribution in [2.45, 2.75) is 38.8 Å². The monoisotopic (exact) mass is 362 g/mol. The Bertz CT molecular complexity index is 711. The molecule has 0 radical (unpaired) electrons. The van der Waals surface area contributed by atoms with Crippen LogP contribution in [0.15, 0.2) is 18.5 Å². The van der Waals surface area contributed by atoms with Gasteiger partial charge in [0.2, 0.25) is 17.5 Å². The van der Waals surface area contributed by atoms with E-state index in [0.717, 1.165) is 0 Å². The van der Waals surface area contributed by atoms with Gasteiger partial charge in [0.15, 0.2) is 0 Å². The molecule has 26 heavy (non-hydrogen) atoms. The minimum atomic E-state index is -0.990. The lowest BCUT2D eigenvalue weighted by Gasteiger charge is -2.26. The summed E-state index contributed by atoms with van der Waals surface area (Å²) in [6.07, 6.45) is 3.45. The molecule has 1 aromatic heterocycles. The molecule has 2 heterocycles. The molecule has 0 bridgehead atoms. The minimum absolute atomic E-state index is 0.0803. The number of hydrogen-bond acceptors (Lipinski definition) is 5. The number of hydrogen-bond donors (Lipinski definition) is 4. The predicted octanol–water partition coefficient (Wildman–Crippen LogP) is -1.16. The van der Waals surface area contributed by atoms with E-state index in [1.807, 2.05) is 0 Å². The fraction of sp³-hybridized carbons (Fsp3) is 0.471. The van der Waals surface area contributed by atoms with Crippen molar-refractivity contribution < 1.29 is 24.0 Å². The van der Waals surface area contributed by atoms with Crippen molar-refractivity contribution in [2.24, 2.45) is 5.92 Å². The summed E-state index contributed by atoms with van der Waals surface area (Å²) in [4.78, 5) is 62.5. The van der Waals surface area contributed by atoms with Crippen molar-refractivity contribution >= 4 is 29.3 Å². The standard InChI is InChI=1S/C17H22N4O5/c1-9(2)13(16(25)20-11-4-6-19-17(26)14(11)23)21-15(24)12(22)7-10-3-5-18-8-10/h3,5,8-9,11,13,18H,4,6-7H2,1-2H3,(H,19,26)(H,20,25)(H,21,24). The number of rotatable bonds is 7. The van der Waals surface area contributed by atoms with Gasteiger partial charge in [0.05, 0.1) is 6.04 Å². The van der Waals surface area contributed by atoms with E-state index in [1.54, 1.807) is 32.3 Å². The molecule has 1 saturated heterocycles. The van der Waals surface area contributed by atoms with Gasteiger partial charge in [0, 0.05) is 25.4 Å². The lowest BCUT2D eigenvalue weighted by Crippen LogP contribution is -2.58. The van der Waals surface area contributed by atoms with Gasteiger partial charge in [0.1, 0.15) is 6.04 Å². The molecular weight excluding hydrogens is 340 g/mol. The van der Waals surface area contributed by atoms with Crippen LogP contribution in [0.2, 0.25) is 0 Å². The molecule has 3 amide bonds. The van der Waals surface area contributed by atoms with Crippen LogP contribution in [0, 0.1) is 5.92 Å². The number of nitrogens with one attached hydrogen (secondary N) is 4. The van der Waals surface area contributed by atoms with Crippen LogP contribution in [0.3, 0.4) is 0 Å². The van der Waals surface area contributed by atoms with Gasteiger partial charge in [0.25, 0.3) is 11.8 Å². The molecular formula is C17H22N4O5. The topological polar surface area (TPSA) is 137 Å². The van der Waals surface area contributed by atoms with Gasteiger partial charge in [-0.3, -0.25) is 24.0 Å². The molecule has 2 atom stereocenters. The Morgan fingerprint density at radius 2 is 2.00 bits per heavy atom. The molecule has 9 nitrogen and oxygen atoms in total. The zero-order chi connectivity index (χ0) is 19.3. The zero-order valence-corrected chi connectivity index (χ0v) is 14.6. The Kier molecular flexibility index (Phi) is 6.26. The highest BCUT2D eigenvalue weighted by molar-refractivity contribution is 6.39. The molecule has 1 aromatic rings. The minimum Gasteiger partial charge on any atom is -0.367 e. The van der Waals surface area contributed by atoms with E-state index < -0.39 is 41.4 Å². The lowest BCUT2D eigenvalue weighted by atomic mass is 10.00. The maximum Gasteiger partial charge on any atom is 0.289 e. The largest absolute Gasteiger partial charge is 0.367 e. The number of carbonyl (C=O) groups excluding carboxylic acids is 5. The van der Waals surface area contributed by atoms with Crippen molar-refractivity contribution in [3.63, 3.8) is 0 Å². The van der Waals surface area contributed by atoms with Crippen LogP contribution in [-0.4, -0.2) is 52.9 Å². The van der Waals surface area contributed by atoms with Gasteiger partial charge in [-0.1, -0.05) is 13.8 Å². The summed E-state index contributed by atoms with van der Waals surface area (Å²) in [7, 11) is 0. The van der Waals surface area contributed by atoms with Crippen LogP contribution in [0.25, 0.3) is 0 Å². The summed E-state index contributed by atoms with van der Waals surface area (Å²) in [5.41, 5.74) is 0.662. The first-order valence-corrected chi connectivity index (χ1v) is 8.37. The molecule has 4 N–H and O–H groups in total. The molecule has 0 saturated carbocycles. The summed E-state index contributed by atoms with van der Waals surface area (Å²) in [6.45, 7) is 3.69. The highest BCUT2D eigenvalue weighted by atomic mass is 16.2. The zero-order valence-electron chi connectivity index (χ0n) is 14.6. The first-order valence-electron chi connectivity index (χ1n) is 8.37. The first-order chi connectivity index (χ1) is 12.3. The third-order valence-electron chi connectivity index (χ3n) is 4.09. The third-order valence-corrected chi connectivity index (χ3v) is 4.09. The lowest BCUT2D eigenvalue weighted by molar-refractivity contribution is -0.142. The van der Waals surface area contributed by atoms with Gasteiger partial charge in [-0.05, 0) is 24.0 Å². The fourth-order valence-electron chi connectivity index (χ4n) is 2.60. The molecule has 1 aliphatic heterocycles. The van der Waals surface area contributed by atoms with E-state index in [0.29, 0.717) is 5.56 Å². The SMILES string of the molecule is CC(C)C(NC(=O)C(=O)Cc1cc[nH]c1)C(=O)NC1CCNC(=O)C1=O. The number of piperidine rings is 1. The Morgan fingerprint density at radius 3 is 2.62 bits per heavy atom. The van der Waals surface area contributed by atoms with Gasteiger partial charge in [-0.2, -0.15) is 0 Å². The van der Waals surface area contributed by atoms with Crippen LogP contribution < -0.4 is 16.0 Å². The number of carbonyl (C=O) groups is 5. The molecule has 2 rings (SSSR count). The smallest absolute Gasteiger partial charge is 0.289 e. The Morgan fingerprint density at radius 1 is 1.27 bits per heavy atom. The van der Waals surface area contributed by atoms with Crippen LogP contribution >= 0.6 is 0 Å². The first kappa shape index (κ1) is 19.4. The van der Waals surface area contributed by atoms with Crippen molar-refractivity contribution in [2.75, 3.05) is 6.54 Å². The number of aromatic amines is 1. The summed E-state index contributed by atoms with van der Waals surface area (Å²) in [5.74, 6) is -3.92. The Hall–Kier alpha value is -2.97. The number of ketones is 2. The van der Waals surface area contributed by atoms with E-state index in [4.69, 9.17) is 0 Å². The van der Waals surface area contributed by atoms with E-state index in [2.05, 4.69) is 20.9 Å². The molecule has 2 unspecified atom stereocenters. The van der Waals surface area contributed by atoms with Gasteiger partial charge >= 0.3 is 0 Å². The van der Waals surface area contributed by atoms with E-state index in [9.17, 15) is 24.0 Å². The molecule has 1 fully saturated rings.